The summed E-state index contributed by atoms with van der Waals surface area (Å²) in [5.41, 5.74) is 1.66. The van der Waals surface area contributed by atoms with Crippen LogP contribution < -0.4 is 14.8 Å². The predicted octanol–water partition coefficient (Wildman–Crippen LogP) is 5.55. The summed E-state index contributed by atoms with van der Waals surface area (Å²) in [7, 11) is 1.45. The minimum absolute atomic E-state index is 0.00905. The highest BCUT2D eigenvalue weighted by molar-refractivity contribution is 5.68. The maximum absolute atomic E-state index is 13.1. The molecule has 3 aromatic heterocycles. The Hall–Kier alpha value is -4.36. The van der Waals surface area contributed by atoms with Crippen LogP contribution in [0.15, 0.2) is 42.9 Å². The van der Waals surface area contributed by atoms with Gasteiger partial charge in [0, 0.05) is 18.2 Å². The van der Waals surface area contributed by atoms with Gasteiger partial charge >= 0.3 is 12.8 Å². The molecule has 5 rings (SSSR count). The molecule has 0 amide bonds. The first kappa shape index (κ1) is 26.3. The Kier molecular flexibility index (Phi) is 7.02. The summed E-state index contributed by atoms with van der Waals surface area (Å²) in [5.74, 6) is 0.399. The van der Waals surface area contributed by atoms with E-state index in [9.17, 15) is 22.0 Å². The molecular formula is C25H22F5N7O2. The maximum atomic E-state index is 13.1. The molecule has 1 N–H and O–H groups in total. The summed E-state index contributed by atoms with van der Waals surface area (Å²) in [5, 5.41) is 6.62. The van der Waals surface area contributed by atoms with Crippen LogP contribution in [0.25, 0.3) is 17.1 Å². The van der Waals surface area contributed by atoms with E-state index >= 15 is 0 Å². The fourth-order valence-electron chi connectivity index (χ4n) is 4.03. The van der Waals surface area contributed by atoms with Crippen LogP contribution in [0, 0.1) is 6.92 Å². The van der Waals surface area contributed by atoms with Gasteiger partial charge in [0.15, 0.2) is 23.1 Å². The normalized spacial score (nSPS) is 13.5. The molecule has 14 heteroatoms. The molecule has 0 unspecified atom stereocenters. The van der Waals surface area contributed by atoms with Crippen molar-refractivity contribution < 1.29 is 31.4 Å². The van der Waals surface area contributed by atoms with E-state index in [1.165, 1.54) is 25.0 Å². The van der Waals surface area contributed by atoms with Gasteiger partial charge < -0.3 is 14.8 Å². The lowest BCUT2D eigenvalue weighted by Gasteiger charge is -2.15. The summed E-state index contributed by atoms with van der Waals surface area (Å²) in [4.78, 5) is 17.1. The second kappa shape index (κ2) is 10.4. The van der Waals surface area contributed by atoms with Crippen molar-refractivity contribution in [1.29, 1.82) is 0 Å². The minimum Gasteiger partial charge on any atom is -0.480 e. The molecule has 1 fully saturated rings. The van der Waals surface area contributed by atoms with Crippen LogP contribution in [0.3, 0.4) is 0 Å². The lowest BCUT2D eigenvalue weighted by atomic mass is 10.1. The van der Waals surface area contributed by atoms with Crippen LogP contribution in [0.4, 0.5) is 27.8 Å². The van der Waals surface area contributed by atoms with Crippen LogP contribution in [-0.4, -0.2) is 43.4 Å². The number of rotatable bonds is 9. The molecule has 1 saturated carbocycles. The van der Waals surface area contributed by atoms with Gasteiger partial charge in [0.05, 0.1) is 24.7 Å². The van der Waals surface area contributed by atoms with Crippen LogP contribution >= 0.6 is 0 Å². The molecule has 0 bridgehead atoms. The molecule has 9 nitrogen and oxygen atoms in total. The Morgan fingerprint density at radius 3 is 2.46 bits per heavy atom. The summed E-state index contributed by atoms with van der Waals surface area (Å²) in [6.07, 6.45) is -0.139. The van der Waals surface area contributed by atoms with Gasteiger partial charge in [0.25, 0.3) is 0 Å². The zero-order chi connectivity index (χ0) is 27.7. The topological polar surface area (TPSA) is 99.9 Å². The SMILES string of the molecule is COc1ncnc(C2CC2)c1-c1ncc(OC(F)F)c(NCc2ccc(-n3nc(C(F)(F)F)cc3C)cc2)n1. The van der Waals surface area contributed by atoms with E-state index in [0.29, 0.717) is 28.2 Å². The van der Waals surface area contributed by atoms with Gasteiger partial charge in [-0.1, -0.05) is 12.1 Å². The lowest BCUT2D eigenvalue weighted by Crippen LogP contribution is -2.10. The summed E-state index contributed by atoms with van der Waals surface area (Å²) in [6.45, 7) is -1.44. The molecule has 1 aliphatic carbocycles. The standard InChI is InChI=1S/C25H22F5N7O2/c1-13-9-18(25(28,29)30)36-37(13)16-7-3-14(4-8-16)10-31-21-17(39-24(26)27)11-32-22(35-21)19-20(15-5-6-15)33-12-34-23(19)38-2/h3-4,7-9,11-12,15,24H,5-6,10H2,1-2H3,(H,31,32,35). The highest BCUT2D eigenvalue weighted by Crippen LogP contribution is 2.45. The van der Waals surface area contributed by atoms with Crippen molar-refractivity contribution in [2.45, 2.75) is 45.0 Å². The minimum atomic E-state index is -4.55. The van der Waals surface area contributed by atoms with Gasteiger partial charge in [-0.2, -0.15) is 27.1 Å². The van der Waals surface area contributed by atoms with Crippen molar-refractivity contribution in [1.82, 2.24) is 29.7 Å². The third-order valence-corrected chi connectivity index (χ3v) is 6.01. The number of anilines is 1. The molecule has 1 aromatic carbocycles. The highest BCUT2D eigenvalue weighted by atomic mass is 19.4. The molecule has 4 aromatic rings. The molecule has 0 atom stereocenters. The molecule has 0 radical (unpaired) electrons. The molecule has 0 spiro atoms. The Labute approximate surface area is 219 Å². The van der Waals surface area contributed by atoms with Crippen molar-refractivity contribution in [2.24, 2.45) is 0 Å². The Balaban J connectivity index is 1.41. The number of hydrogen-bond acceptors (Lipinski definition) is 8. The van der Waals surface area contributed by atoms with E-state index in [4.69, 9.17) is 4.74 Å². The number of methoxy groups -OCH3 is 1. The number of aromatic nitrogens is 6. The number of hydrogen-bond donors (Lipinski definition) is 1. The molecule has 0 saturated heterocycles. The molecule has 39 heavy (non-hydrogen) atoms. The van der Waals surface area contributed by atoms with Gasteiger partial charge in [0.1, 0.15) is 11.9 Å². The first-order valence-electron chi connectivity index (χ1n) is 11.8. The van der Waals surface area contributed by atoms with Crippen molar-refractivity contribution in [3.63, 3.8) is 0 Å². The zero-order valence-corrected chi connectivity index (χ0v) is 20.7. The van der Waals surface area contributed by atoms with Crippen molar-refractivity contribution in [3.05, 3.63) is 65.5 Å². The molecular weight excluding hydrogens is 525 g/mol. The summed E-state index contributed by atoms with van der Waals surface area (Å²) < 4.78 is 76.4. The van der Waals surface area contributed by atoms with Gasteiger partial charge in [-0.05, 0) is 43.5 Å². The second-order valence-electron chi connectivity index (χ2n) is 8.80. The van der Waals surface area contributed by atoms with Crippen molar-refractivity contribution >= 4 is 5.82 Å². The third kappa shape index (κ3) is 5.73. The van der Waals surface area contributed by atoms with E-state index in [1.807, 2.05) is 0 Å². The molecule has 3 heterocycles. The van der Waals surface area contributed by atoms with Crippen molar-refractivity contribution in [3.8, 4) is 28.7 Å². The average Bonchev–Trinajstić information content (AvgIpc) is 3.68. The quantitative estimate of drug-likeness (QED) is 0.273. The number of nitrogens with one attached hydrogen (secondary N) is 1. The van der Waals surface area contributed by atoms with Crippen molar-refractivity contribution in [2.75, 3.05) is 12.4 Å². The largest absolute Gasteiger partial charge is 0.480 e. The van der Waals surface area contributed by atoms with Crippen LogP contribution in [-0.2, 0) is 12.7 Å². The summed E-state index contributed by atoms with van der Waals surface area (Å²) in [6, 6.07) is 7.52. The molecule has 0 aliphatic heterocycles. The van der Waals surface area contributed by atoms with E-state index in [0.717, 1.165) is 25.1 Å². The molecule has 204 valence electrons. The zero-order valence-electron chi connectivity index (χ0n) is 20.7. The number of benzene rings is 1. The van der Waals surface area contributed by atoms with E-state index in [-0.39, 0.29) is 35.7 Å². The van der Waals surface area contributed by atoms with Crippen LogP contribution in [0.5, 0.6) is 11.6 Å². The average molecular weight is 547 g/mol. The third-order valence-electron chi connectivity index (χ3n) is 6.01. The van der Waals surface area contributed by atoms with Gasteiger partial charge in [-0.15, -0.1) is 0 Å². The fraction of sp³-hybridized carbons (Fsp3) is 0.320. The summed E-state index contributed by atoms with van der Waals surface area (Å²) >= 11 is 0. The lowest BCUT2D eigenvalue weighted by molar-refractivity contribution is -0.141. The first-order valence-corrected chi connectivity index (χ1v) is 11.8. The monoisotopic (exact) mass is 547 g/mol. The number of nitrogens with zero attached hydrogens (tertiary/aromatic N) is 6. The maximum Gasteiger partial charge on any atom is 0.435 e. The predicted molar refractivity (Wildman–Crippen MR) is 129 cm³/mol. The second-order valence-corrected chi connectivity index (χ2v) is 8.80. The Bertz CT molecular complexity index is 1470. The van der Waals surface area contributed by atoms with Crippen LogP contribution in [0.1, 0.15) is 41.4 Å². The number of aryl methyl sites for hydroxylation is 1. The number of alkyl halides is 5. The number of ether oxygens (including phenoxy) is 2. The molecule has 1 aliphatic rings. The first-order chi connectivity index (χ1) is 18.6. The Morgan fingerprint density at radius 1 is 1.10 bits per heavy atom. The Morgan fingerprint density at radius 2 is 1.85 bits per heavy atom. The van der Waals surface area contributed by atoms with Gasteiger partial charge in [0.2, 0.25) is 5.88 Å². The van der Waals surface area contributed by atoms with E-state index < -0.39 is 18.5 Å². The van der Waals surface area contributed by atoms with E-state index in [2.05, 4.69) is 35.1 Å². The van der Waals surface area contributed by atoms with Gasteiger partial charge in [-0.3, -0.25) is 0 Å². The fourth-order valence-corrected chi connectivity index (χ4v) is 4.03. The highest BCUT2D eigenvalue weighted by Gasteiger charge is 2.34. The van der Waals surface area contributed by atoms with E-state index in [1.54, 1.807) is 24.3 Å². The van der Waals surface area contributed by atoms with Crippen LogP contribution in [0.2, 0.25) is 0 Å². The smallest absolute Gasteiger partial charge is 0.435 e. The number of halogens is 5. The van der Waals surface area contributed by atoms with Gasteiger partial charge in [-0.25, -0.2) is 24.6 Å².